The summed E-state index contributed by atoms with van der Waals surface area (Å²) < 4.78 is 0. The van der Waals surface area contributed by atoms with Gasteiger partial charge >= 0.3 is 0 Å². The fourth-order valence-electron chi connectivity index (χ4n) is 1.37. The molecule has 0 aliphatic rings. The average Bonchev–Trinajstić information content (AvgIpc) is 2.38. The van der Waals surface area contributed by atoms with Gasteiger partial charge in [-0.25, -0.2) is 0 Å². The summed E-state index contributed by atoms with van der Waals surface area (Å²) in [4.78, 5) is 0. The highest BCUT2D eigenvalue weighted by Crippen LogP contribution is 2.30. The highest BCUT2D eigenvalue weighted by atomic mass is 16.3. The smallest absolute Gasteiger partial charge is 0.145 e. The van der Waals surface area contributed by atoms with Crippen molar-refractivity contribution in [1.29, 1.82) is 0 Å². The van der Waals surface area contributed by atoms with Gasteiger partial charge in [0.1, 0.15) is 11.4 Å². The molecule has 0 spiro atoms. The molecule has 4 nitrogen and oxygen atoms in total. The van der Waals surface area contributed by atoms with Gasteiger partial charge in [-0.05, 0) is 24.3 Å². The highest BCUT2D eigenvalue weighted by Gasteiger charge is 2.00. The number of phenolic OH excluding ortho intramolecular Hbond substituents is 1. The van der Waals surface area contributed by atoms with E-state index >= 15 is 0 Å². The van der Waals surface area contributed by atoms with E-state index < -0.39 is 0 Å². The van der Waals surface area contributed by atoms with Crippen LogP contribution >= 0.6 is 0 Å². The Morgan fingerprint density at radius 2 is 1.76 bits per heavy atom. The lowest BCUT2D eigenvalue weighted by Gasteiger charge is -2.02. The maximum absolute atomic E-state index is 9.71. The zero-order chi connectivity index (χ0) is 12.1. The summed E-state index contributed by atoms with van der Waals surface area (Å²) >= 11 is 0. The molecule has 4 heteroatoms. The van der Waals surface area contributed by atoms with Gasteiger partial charge < -0.3 is 10.4 Å². The van der Waals surface area contributed by atoms with Crippen LogP contribution in [0.1, 0.15) is 0 Å². The third-order valence-electron chi connectivity index (χ3n) is 2.29. The molecule has 0 aliphatic heterocycles. The molecule has 0 fully saturated rings. The molecule has 2 N–H and O–H groups in total. The van der Waals surface area contributed by atoms with Gasteiger partial charge in [-0.3, -0.25) is 0 Å². The molecule has 0 heterocycles. The zero-order valence-electron chi connectivity index (χ0n) is 9.46. The monoisotopic (exact) mass is 227 g/mol. The van der Waals surface area contributed by atoms with Crippen molar-refractivity contribution >= 4 is 17.1 Å². The van der Waals surface area contributed by atoms with Gasteiger partial charge in [0.15, 0.2) is 0 Å². The first-order valence-electron chi connectivity index (χ1n) is 5.27. The first-order chi connectivity index (χ1) is 8.29. The predicted molar refractivity (Wildman–Crippen MR) is 68.3 cm³/mol. The van der Waals surface area contributed by atoms with Gasteiger partial charge in [0.05, 0.1) is 5.69 Å². The molecular formula is C13H13N3O. The van der Waals surface area contributed by atoms with E-state index in [1.54, 1.807) is 19.2 Å². The van der Waals surface area contributed by atoms with Crippen LogP contribution in [0.5, 0.6) is 5.75 Å². The van der Waals surface area contributed by atoms with Crippen LogP contribution in [-0.4, -0.2) is 12.2 Å². The quantitative estimate of drug-likeness (QED) is 0.782. The van der Waals surface area contributed by atoms with Gasteiger partial charge in [-0.2, -0.15) is 5.11 Å². The number of hydrogen-bond donors (Lipinski definition) is 2. The minimum Gasteiger partial charge on any atom is -0.506 e. The molecular weight excluding hydrogens is 214 g/mol. The molecule has 17 heavy (non-hydrogen) atoms. The summed E-state index contributed by atoms with van der Waals surface area (Å²) in [6.45, 7) is 0. The van der Waals surface area contributed by atoms with Crippen molar-refractivity contribution < 1.29 is 5.11 Å². The maximum Gasteiger partial charge on any atom is 0.145 e. The van der Waals surface area contributed by atoms with E-state index in [1.807, 2.05) is 36.4 Å². The van der Waals surface area contributed by atoms with Crippen LogP contribution in [0, 0.1) is 0 Å². The molecule has 0 bridgehead atoms. The van der Waals surface area contributed by atoms with E-state index in [-0.39, 0.29) is 5.75 Å². The topological polar surface area (TPSA) is 57.0 Å². The second-order valence-electron chi connectivity index (χ2n) is 3.49. The summed E-state index contributed by atoms with van der Waals surface area (Å²) in [7, 11) is 1.79. The number of nitrogens with one attached hydrogen (secondary N) is 1. The summed E-state index contributed by atoms with van der Waals surface area (Å²) in [6, 6.07) is 14.5. The first-order valence-corrected chi connectivity index (χ1v) is 5.27. The van der Waals surface area contributed by atoms with E-state index in [2.05, 4.69) is 15.5 Å². The molecule has 0 aliphatic carbocycles. The molecule has 86 valence electrons. The van der Waals surface area contributed by atoms with Gasteiger partial charge in [0.2, 0.25) is 0 Å². The molecule has 0 atom stereocenters. The standard InChI is InChI=1S/C13H13N3O/c1-14-11-7-8-12(13(17)9-11)16-15-10-5-3-2-4-6-10/h2-9,14,17H,1H3. The Morgan fingerprint density at radius 3 is 2.41 bits per heavy atom. The molecule has 0 radical (unpaired) electrons. The number of nitrogens with zero attached hydrogens (tertiary/aromatic N) is 2. The predicted octanol–water partition coefficient (Wildman–Crippen LogP) is 3.85. The molecule has 0 saturated carbocycles. The second kappa shape index (κ2) is 5.12. The summed E-state index contributed by atoms with van der Waals surface area (Å²) in [5.41, 5.74) is 2.04. The van der Waals surface area contributed by atoms with E-state index in [0.29, 0.717) is 5.69 Å². The van der Waals surface area contributed by atoms with E-state index in [4.69, 9.17) is 0 Å². The molecule has 2 rings (SSSR count). The minimum absolute atomic E-state index is 0.108. The largest absolute Gasteiger partial charge is 0.506 e. The lowest BCUT2D eigenvalue weighted by Crippen LogP contribution is -1.85. The van der Waals surface area contributed by atoms with Crippen LogP contribution in [-0.2, 0) is 0 Å². The van der Waals surface area contributed by atoms with Crippen molar-refractivity contribution in [3.63, 3.8) is 0 Å². The van der Waals surface area contributed by atoms with Gasteiger partial charge in [0.25, 0.3) is 0 Å². The Hall–Kier alpha value is -2.36. The summed E-state index contributed by atoms with van der Waals surface area (Å²) in [5.74, 6) is 0.108. The number of aromatic hydroxyl groups is 1. The number of hydrogen-bond acceptors (Lipinski definition) is 4. The number of azo groups is 1. The normalized spacial score (nSPS) is 10.6. The van der Waals surface area contributed by atoms with Crippen LogP contribution in [0.15, 0.2) is 58.8 Å². The number of rotatable bonds is 3. The van der Waals surface area contributed by atoms with Crippen LogP contribution in [0.25, 0.3) is 0 Å². The van der Waals surface area contributed by atoms with Gasteiger partial charge in [-0.15, -0.1) is 5.11 Å². The highest BCUT2D eigenvalue weighted by molar-refractivity contribution is 5.59. The third-order valence-corrected chi connectivity index (χ3v) is 2.29. The van der Waals surface area contributed by atoms with E-state index in [1.165, 1.54) is 0 Å². The summed E-state index contributed by atoms with van der Waals surface area (Å²) in [5, 5.41) is 20.7. The van der Waals surface area contributed by atoms with Gasteiger partial charge in [0, 0.05) is 18.8 Å². The lowest BCUT2D eigenvalue weighted by atomic mass is 10.2. The number of phenols is 1. The molecule has 2 aromatic rings. The molecule has 2 aromatic carbocycles. The van der Waals surface area contributed by atoms with Gasteiger partial charge in [-0.1, -0.05) is 18.2 Å². The van der Waals surface area contributed by atoms with Crippen LogP contribution in [0.4, 0.5) is 17.1 Å². The number of anilines is 1. The zero-order valence-corrected chi connectivity index (χ0v) is 9.46. The maximum atomic E-state index is 9.71. The van der Waals surface area contributed by atoms with E-state index in [0.717, 1.165) is 11.4 Å². The SMILES string of the molecule is CNc1ccc(N=Nc2ccccc2)c(O)c1. The Morgan fingerprint density at radius 1 is 1.00 bits per heavy atom. The van der Waals surface area contributed by atoms with Crippen molar-refractivity contribution in [3.8, 4) is 5.75 Å². The Balaban J connectivity index is 2.22. The van der Waals surface area contributed by atoms with Crippen molar-refractivity contribution in [2.24, 2.45) is 10.2 Å². The fourth-order valence-corrected chi connectivity index (χ4v) is 1.37. The third kappa shape index (κ3) is 2.81. The van der Waals surface area contributed by atoms with Crippen LogP contribution in [0.3, 0.4) is 0 Å². The van der Waals surface area contributed by atoms with Crippen molar-refractivity contribution in [2.45, 2.75) is 0 Å². The van der Waals surface area contributed by atoms with Crippen LogP contribution in [0.2, 0.25) is 0 Å². The Labute approximate surface area is 99.6 Å². The Bertz CT molecular complexity index is 523. The summed E-state index contributed by atoms with van der Waals surface area (Å²) in [6.07, 6.45) is 0. The van der Waals surface area contributed by atoms with Crippen molar-refractivity contribution in [2.75, 3.05) is 12.4 Å². The van der Waals surface area contributed by atoms with Crippen LogP contribution < -0.4 is 5.32 Å². The molecule has 0 saturated heterocycles. The fraction of sp³-hybridized carbons (Fsp3) is 0.0769. The number of benzene rings is 2. The van der Waals surface area contributed by atoms with Crippen molar-refractivity contribution in [1.82, 2.24) is 0 Å². The second-order valence-corrected chi connectivity index (χ2v) is 3.49. The van der Waals surface area contributed by atoms with E-state index in [9.17, 15) is 5.11 Å². The average molecular weight is 227 g/mol. The molecule has 0 unspecified atom stereocenters. The van der Waals surface area contributed by atoms with Crippen molar-refractivity contribution in [3.05, 3.63) is 48.5 Å². The minimum atomic E-state index is 0.108. The molecule has 0 amide bonds. The molecule has 0 aromatic heterocycles. The first kappa shape index (κ1) is 11.1. The Kier molecular flexibility index (Phi) is 3.35. The lowest BCUT2D eigenvalue weighted by molar-refractivity contribution is 0.476.